The highest BCUT2D eigenvalue weighted by molar-refractivity contribution is 7.89. The van der Waals surface area contributed by atoms with Crippen LogP contribution in [0.5, 0.6) is 0 Å². The van der Waals surface area contributed by atoms with Crippen molar-refractivity contribution in [2.75, 3.05) is 25.4 Å². The summed E-state index contributed by atoms with van der Waals surface area (Å²) in [5.74, 6) is 0.335. The Bertz CT molecular complexity index is 365. The predicted molar refractivity (Wildman–Crippen MR) is 69.4 cm³/mol. The number of hydrogen-bond acceptors (Lipinski definition) is 3. The maximum absolute atomic E-state index is 11.6. The molecular weight excluding hydrogens is 236 g/mol. The number of rotatable bonds is 4. The summed E-state index contributed by atoms with van der Waals surface area (Å²) in [6, 6.07) is 0.549. The highest BCUT2D eigenvalue weighted by Crippen LogP contribution is 2.36. The first-order chi connectivity index (χ1) is 7.92. The highest BCUT2D eigenvalue weighted by Gasteiger charge is 2.34. The molecule has 0 aromatic carbocycles. The van der Waals surface area contributed by atoms with Crippen molar-refractivity contribution in [3.63, 3.8) is 0 Å². The summed E-state index contributed by atoms with van der Waals surface area (Å²) < 4.78 is 24.9. The van der Waals surface area contributed by atoms with Gasteiger partial charge in [-0.25, -0.2) is 12.7 Å². The van der Waals surface area contributed by atoms with E-state index in [0.29, 0.717) is 30.3 Å². The van der Waals surface area contributed by atoms with Crippen LogP contribution in [0.4, 0.5) is 0 Å². The third kappa shape index (κ3) is 3.01. The van der Waals surface area contributed by atoms with Gasteiger partial charge in [-0.2, -0.15) is 0 Å². The molecule has 100 valence electrons. The minimum atomic E-state index is -2.92. The topological polar surface area (TPSA) is 49.4 Å². The van der Waals surface area contributed by atoms with Gasteiger partial charge in [0, 0.05) is 25.7 Å². The Kier molecular flexibility index (Phi) is 3.80. The van der Waals surface area contributed by atoms with E-state index >= 15 is 0 Å². The molecule has 2 rings (SSSR count). The lowest BCUT2D eigenvalue weighted by atomic mass is 9.87. The van der Waals surface area contributed by atoms with Gasteiger partial charge in [-0.15, -0.1) is 0 Å². The van der Waals surface area contributed by atoms with Crippen LogP contribution >= 0.6 is 0 Å². The van der Waals surface area contributed by atoms with Crippen LogP contribution in [0.25, 0.3) is 0 Å². The van der Waals surface area contributed by atoms with Crippen LogP contribution in [-0.2, 0) is 10.0 Å². The Hall–Kier alpha value is -0.130. The Labute approximate surface area is 105 Å². The van der Waals surface area contributed by atoms with Gasteiger partial charge in [-0.05, 0) is 24.7 Å². The molecule has 1 saturated carbocycles. The molecule has 1 aliphatic heterocycles. The van der Waals surface area contributed by atoms with E-state index in [-0.39, 0.29) is 0 Å². The minimum absolute atomic E-state index is 0.335. The zero-order chi connectivity index (χ0) is 12.5. The molecule has 1 atom stereocenters. The maximum atomic E-state index is 11.6. The lowest BCUT2D eigenvalue weighted by molar-refractivity contribution is 0.278. The van der Waals surface area contributed by atoms with E-state index in [4.69, 9.17) is 0 Å². The molecule has 17 heavy (non-hydrogen) atoms. The van der Waals surface area contributed by atoms with E-state index < -0.39 is 10.0 Å². The molecule has 0 bridgehead atoms. The lowest BCUT2D eigenvalue weighted by Crippen LogP contribution is -2.42. The van der Waals surface area contributed by atoms with Crippen molar-refractivity contribution in [2.45, 2.75) is 45.6 Å². The van der Waals surface area contributed by atoms with E-state index in [1.54, 1.807) is 4.31 Å². The van der Waals surface area contributed by atoms with E-state index in [1.807, 2.05) is 0 Å². The summed E-state index contributed by atoms with van der Waals surface area (Å²) in [6.45, 7) is 6.72. The average molecular weight is 260 g/mol. The monoisotopic (exact) mass is 260 g/mol. The average Bonchev–Trinajstić information content (AvgIpc) is 2.71. The van der Waals surface area contributed by atoms with Gasteiger partial charge in [0.05, 0.1) is 5.75 Å². The van der Waals surface area contributed by atoms with Crippen molar-refractivity contribution in [1.82, 2.24) is 9.62 Å². The van der Waals surface area contributed by atoms with Crippen molar-refractivity contribution in [3.8, 4) is 0 Å². The van der Waals surface area contributed by atoms with E-state index in [0.717, 1.165) is 13.0 Å². The van der Waals surface area contributed by atoms with E-state index in [9.17, 15) is 8.42 Å². The van der Waals surface area contributed by atoms with E-state index in [2.05, 4.69) is 19.2 Å². The summed E-state index contributed by atoms with van der Waals surface area (Å²) in [7, 11) is -2.92. The molecule has 5 heteroatoms. The standard InChI is InChI=1S/C12H24N2O2S/c1-12(2)6-3-5-11(12)13-7-9-14-8-4-10-17(14,15)16/h11,13H,3-10H2,1-2H3/t11-/m1/s1. The number of hydrogen-bond donors (Lipinski definition) is 1. The van der Waals surface area contributed by atoms with E-state index in [1.165, 1.54) is 19.3 Å². The van der Waals surface area contributed by atoms with Gasteiger partial charge in [-0.3, -0.25) is 0 Å². The van der Waals surface area contributed by atoms with Gasteiger partial charge in [0.15, 0.2) is 0 Å². The number of nitrogens with one attached hydrogen (secondary N) is 1. The molecule has 1 N–H and O–H groups in total. The molecule has 2 aliphatic rings. The molecular formula is C12H24N2O2S. The van der Waals surface area contributed by atoms with Crippen LogP contribution < -0.4 is 5.32 Å². The molecule has 0 radical (unpaired) electrons. The smallest absolute Gasteiger partial charge is 0.214 e. The first-order valence-corrected chi connectivity index (χ1v) is 8.24. The SMILES string of the molecule is CC1(C)CCC[C@H]1NCCN1CCCS1(=O)=O. The molecule has 0 spiro atoms. The summed E-state index contributed by atoms with van der Waals surface area (Å²) >= 11 is 0. The molecule has 1 aliphatic carbocycles. The summed E-state index contributed by atoms with van der Waals surface area (Å²) in [6.07, 6.45) is 4.57. The quantitative estimate of drug-likeness (QED) is 0.826. The second kappa shape index (κ2) is 4.86. The molecule has 4 nitrogen and oxygen atoms in total. The molecule has 0 amide bonds. The Morgan fingerprint density at radius 2 is 2.12 bits per heavy atom. The van der Waals surface area contributed by atoms with Gasteiger partial charge in [0.1, 0.15) is 0 Å². The molecule has 1 saturated heterocycles. The first kappa shape index (κ1) is 13.3. The van der Waals surface area contributed by atoms with Crippen LogP contribution in [-0.4, -0.2) is 44.2 Å². The molecule has 2 fully saturated rings. The van der Waals surface area contributed by atoms with Gasteiger partial charge >= 0.3 is 0 Å². The summed E-state index contributed by atoms with van der Waals surface area (Å²) in [4.78, 5) is 0. The summed E-state index contributed by atoms with van der Waals surface area (Å²) in [5.41, 5.74) is 0.365. The third-order valence-electron chi connectivity index (χ3n) is 4.21. The van der Waals surface area contributed by atoms with Crippen LogP contribution in [0.1, 0.15) is 39.5 Å². The lowest BCUT2D eigenvalue weighted by Gasteiger charge is -2.28. The largest absolute Gasteiger partial charge is 0.312 e. The Balaban J connectivity index is 1.77. The second-order valence-corrected chi connectivity index (χ2v) is 8.04. The minimum Gasteiger partial charge on any atom is -0.312 e. The number of nitrogens with zero attached hydrogens (tertiary/aromatic N) is 1. The van der Waals surface area contributed by atoms with Crippen molar-refractivity contribution in [1.29, 1.82) is 0 Å². The van der Waals surface area contributed by atoms with Crippen molar-refractivity contribution in [2.24, 2.45) is 5.41 Å². The molecule has 0 aromatic heterocycles. The van der Waals surface area contributed by atoms with Crippen LogP contribution in [0, 0.1) is 5.41 Å². The third-order valence-corrected chi connectivity index (χ3v) is 6.17. The predicted octanol–water partition coefficient (Wildman–Crippen LogP) is 1.19. The number of sulfonamides is 1. The van der Waals surface area contributed by atoms with Crippen molar-refractivity contribution < 1.29 is 8.42 Å². The summed E-state index contributed by atoms with van der Waals surface area (Å²) in [5, 5.41) is 3.53. The van der Waals surface area contributed by atoms with Gasteiger partial charge in [0.2, 0.25) is 10.0 Å². The molecule has 1 heterocycles. The second-order valence-electron chi connectivity index (χ2n) is 5.96. The van der Waals surface area contributed by atoms with Gasteiger partial charge < -0.3 is 5.32 Å². The normalized spacial score (nSPS) is 32.0. The van der Waals surface area contributed by atoms with Crippen molar-refractivity contribution in [3.05, 3.63) is 0 Å². The zero-order valence-electron chi connectivity index (χ0n) is 10.9. The fourth-order valence-electron chi connectivity index (χ4n) is 3.01. The Morgan fingerprint density at radius 1 is 1.35 bits per heavy atom. The van der Waals surface area contributed by atoms with Crippen LogP contribution in [0.3, 0.4) is 0 Å². The van der Waals surface area contributed by atoms with Gasteiger partial charge in [-0.1, -0.05) is 20.3 Å². The van der Waals surface area contributed by atoms with Crippen molar-refractivity contribution >= 4 is 10.0 Å². The zero-order valence-corrected chi connectivity index (χ0v) is 11.7. The molecule has 0 unspecified atom stereocenters. The van der Waals surface area contributed by atoms with Gasteiger partial charge in [0.25, 0.3) is 0 Å². The van der Waals surface area contributed by atoms with Crippen LogP contribution in [0.2, 0.25) is 0 Å². The Morgan fingerprint density at radius 3 is 2.65 bits per heavy atom. The highest BCUT2D eigenvalue weighted by atomic mass is 32.2. The van der Waals surface area contributed by atoms with Crippen LogP contribution in [0.15, 0.2) is 0 Å². The maximum Gasteiger partial charge on any atom is 0.214 e. The fourth-order valence-corrected chi connectivity index (χ4v) is 4.54. The first-order valence-electron chi connectivity index (χ1n) is 6.63. The fraction of sp³-hybridized carbons (Fsp3) is 1.00. The molecule has 0 aromatic rings.